The zero-order valence-electron chi connectivity index (χ0n) is 18.6. The first-order valence-electron chi connectivity index (χ1n) is 10.6. The van der Waals surface area contributed by atoms with Crippen LogP contribution in [0.25, 0.3) is 22.6 Å². The number of nitrogen functional groups attached to an aromatic ring is 1. The Morgan fingerprint density at radius 2 is 1.58 bits per heavy atom. The van der Waals surface area contributed by atoms with E-state index in [1.165, 1.54) is 33.3 Å². The second-order valence-electron chi connectivity index (χ2n) is 7.84. The minimum Gasteiger partial charge on any atom is -0.381 e. The summed E-state index contributed by atoms with van der Waals surface area (Å²) in [6.07, 6.45) is 1.56. The summed E-state index contributed by atoms with van der Waals surface area (Å²) in [5.74, 6) is -0.327. The zero-order valence-corrected chi connectivity index (χ0v) is 19.4. The first-order chi connectivity index (χ1) is 17.2. The molecule has 0 saturated carbocycles. The lowest BCUT2D eigenvalue weighted by molar-refractivity contribution is 0.102. The number of nitrogens with two attached hydrogens (primary N) is 2. The number of primary sulfonamides is 1. The van der Waals surface area contributed by atoms with Gasteiger partial charge in [-0.15, -0.1) is 5.10 Å². The van der Waals surface area contributed by atoms with Gasteiger partial charge in [-0.1, -0.05) is 30.3 Å². The highest BCUT2D eigenvalue weighted by molar-refractivity contribution is 7.89. The van der Waals surface area contributed by atoms with Gasteiger partial charge in [-0.25, -0.2) is 27.7 Å². The van der Waals surface area contributed by atoms with Crippen molar-refractivity contribution in [2.75, 3.05) is 11.1 Å². The van der Waals surface area contributed by atoms with E-state index in [0.29, 0.717) is 22.6 Å². The molecule has 0 fully saturated rings. The van der Waals surface area contributed by atoms with Crippen LogP contribution in [-0.2, 0) is 10.0 Å². The van der Waals surface area contributed by atoms with Crippen LogP contribution in [0.2, 0.25) is 0 Å². The van der Waals surface area contributed by atoms with Gasteiger partial charge in [-0.2, -0.15) is 4.68 Å². The highest BCUT2D eigenvalue weighted by atomic mass is 32.2. The Morgan fingerprint density at radius 3 is 2.22 bits per heavy atom. The number of carbonyl (C=O) groups excluding carboxylic acids is 1. The fraction of sp³-hybridized carbons (Fsp3) is 0. The van der Waals surface area contributed by atoms with Gasteiger partial charge >= 0.3 is 5.69 Å². The Bertz CT molecular complexity index is 1760. The molecule has 0 unspecified atom stereocenters. The SMILES string of the molecule is Nc1nc(-c2ccc(NC(=O)c3ccc(S(N)(=O)=O)cc3)cc2)cn2c(=O)n(-c3ccccc3)nc12. The number of aromatic nitrogens is 4. The Labute approximate surface area is 204 Å². The number of para-hydroxylation sites is 1. The van der Waals surface area contributed by atoms with Crippen molar-refractivity contribution >= 4 is 33.1 Å². The summed E-state index contributed by atoms with van der Waals surface area (Å²) in [4.78, 5) is 29.8. The number of amides is 1. The van der Waals surface area contributed by atoms with Gasteiger partial charge in [0.1, 0.15) is 0 Å². The van der Waals surface area contributed by atoms with Crippen LogP contribution in [0.4, 0.5) is 11.5 Å². The molecule has 0 aliphatic rings. The number of fused-ring (bicyclic) bond motifs is 1. The minimum absolute atomic E-state index is 0.0828. The maximum absolute atomic E-state index is 12.9. The van der Waals surface area contributed by atoms with Gasteiger partial charge in [0.05, 0.1) is 16.3 Å². The van der Waals surface area contributed by atoms with Gasteiger partial charge in [-0.05, 0) is 48.5 Å². The summed E-state index contributed by atoms with van der Waals surface area (Å²) < 4.78 is 25.3. The standard InChI is InChI=1S/C24H19N7O4S/c25-21-22-29-31(18-4-2-1-3-5-18)24(33)30(22)14-20(28-21)15-6-10-17(11-7-15)27-23(32)16-8-12-19(13-9-16)36(26,34)35/h1-14H,(H2,25,28)(H,27,32)(H2,26,34,35). The first-order valence-corrected chi connectivity index (χ1v) is 12.1. The van der Waals surface area contributed by atoms with Crippen LogP contribution in [0, 0.1) is 0 Å². The molecule has 1 amide bonds. The molecule has 0 saturated heterocycles. The van der Waals surface area contributed by atoms with E-state index in [2.05, 4.69) is 15.4 Å². The number of anilines is 2. The third-order valence-electron chi connectivity index (χ3n) is 5.42. The van der Waals surface area contributed by atoms with Gasteiger partial charge in [0, 0.05) is 23.0 Å². The smallest absolute Gasteiger partial charge is 0.355 e. The number of nitrogens with one attached hydrogen (secondary N) is 1. The van der Waals surface area contributed by atoms with Gasteiger partial charge < -0.3 is 11.1 Å². The maximum atomic E-state index is 12.9. The second kappa shape index (κ2) is 8.76. The third-order valence-corrected chi connectivity index (χ3v) is 6.35. The molecule has 0 aliphatic carbocycles. The largest absolute Gasteiger partial charge is 0.381 e. The third kappa shape index (κ3) is 4.33. The molecule has 180 valence electrons. The Kier molecular flexibility index (Phi) is 5.59. The molecular weight excluding hydrogens is 482 g/mol. The molecule has 0 aliphatic heterocycles. The van der Waals surface area contributed by atoms with Crippen molar-refractivity contribution in [2.24, 2.45) is 5.14 Å². The number of benzene rings is 3. The quantitative estimate of drug-likeness (QED) is 0.331. The van der Waals surface area contributed by atoms with E-state index >= 15 is 0 Å². The normalized spacial score (nSPS) is 11.5. The molecular formula is C24H19N7O4S. The Hall–Kier alpha value is -4.81. The van der Waals surface area contributed by atoms with Gasteiger partial charge in [0.25, 0.3) is 5.91 Å². The lowest BCUT2D eigenvalue weighted by Crippen LogP contribution is -2.19. The van der Waals surface area contributed by atoms with Crippen molar-refractivity contribution in [3.05, 3.63) is 101 Å². The summed E-state index contributed by atoms with van der Waals surface area (Å²) >= 11 is 0. The summed E-state index contributed by atoms with van der Waals surface area (Å²) in [6.45, 7) is 0. The monoisotopic (exact) mass is 501 g/mol. The Morgan fingerprint density at radius 1 is 0.917 bits per heavy atom. The van der Waals surface area contributed by atoms with Crippen molar-refractivity contribution in [3.8, 4) is 16.9 Å². The predicted octanol–water partition coefficient (Wildman–Crippen LogP) is 2.03. The zero-order chi connectivity index (χ0) is 25.4. The highest BCUT2D eigenvalue weighted by Gasteiger charge is 2.15. The predicted molar refractivity (Wildman–Crippen MR) is 134 cm³/mol. The molecule has 12 heteroatoms. The van der Waals surface area contributed by atoms with Crippen molar-refractivity contribution in [1.29, 1.82) is 0 Å². The molecule has 3 aromatic carbocycles. The van der Waals surface area contributed by atoms with Crippen molar-refractivity contribution < 1.29 is 13.2 Å². The highest BCUT2D eigenvalue weighted by Crippen LogP contribution is 2.22. The summed E-state index contributed by atoms with van der Waals surface area (Å²) in [6, 6.07) is 21.0. The van der Waals surface area contributed by atoms with E-state index in [9.17, 15) is 18.0 Å². The number of nitrogens with zero attached hydrogens (tertiary/aromatic N) is 4. The lowest BCUT2D eigenvalue weighted by atomic mass is 10.1. The average Bonchev–Trinajstić information content (AvgIpc) is 3.21. The second-order valence-corrected chi connectivity index (χ2v) is 9.40. The van der Waals surface area contributed by atoms with E-state index < -0.39 is 15.9 Å². The molecule has 2 aromatic heterocycles. The van der Waals surface area contributed by atoms with E-state index in [4.69, 9.17) is 10.9 Å². The number of hydrogen-bond acceptors (Lipinski definition) is 7. The van der Waals surface area contributed by atoms with Crippen molar-refractivity contribution in [1.82, 2.24) is 19.2 Å². The Balaban J connectivity index is 1.40. The minimum atomic E-state index is -3.84. The maximum Gasteiger partial charge on any atom is 0.355 e. The van der Waals surface area contributed by atoms with E-state index in [1.54, 1.807) is 54.7 Å². The summed E-state index contributed by atoms with van der Waals surface area (Å²) in [5.41, 5.74) is 8.44. The molecule has 36 heavy (non-hydrogen) atoms. The summed E-state index contributed by atoms with van der Waals surface area (Å²) in [7, 11) is -3.84. The van der Waals surface area contributed by atoms with Crippen LogP contribution in [0.1, 0.15) is 10.4 Å². The molecule has 2 heterocycles. The fourth-order valence-electron chi connectivity index (χ4n) is 3.60. The molecule has 0 atom stereocenters. The number of hydrogen-bond donors (Lipinski definition) is 3. The first kappa shape index (κ1) is 23.0. The summed E-state index contributed by atoms with van der Waals surface area (Å²) in [5, 5.41) is 12.1. The lowest BCUT2D eigenvalue weighted by Gasteiger charge is -2.08. The molecule has 5 N–H and O–H groups in total. The topological polar surface area (TPSA) is 167 Å². The fourth-order valence-corrected chi connectivity index (χ4v) is 4.12. The average molecular weight is 502 g/mol. The molecule has 0 bridgehead atoms. The molecule has 11 nitrogen and oxygen atoms in total. The molecule has 0 spiro atoms. The van der Waals surface area contributed by atoms with Crippen molar-refractivity contribution in [2.45, 2.75) is 4.90 Å². The van der Waals surface area contributed by atoms with Gasteiger partial charge in [0.15, 0.2) is 5.82 Å². The molecule has 5 rings (SSSR count). The number of sulfonamides is 1. The molecule has 5 aromatic rings. The van der Waals surface area contributed by atoms with Gasteiger partial charge in [0.2, 0.25) is 15.7 Å². The van der Waals surface area contributed by atoms with Crippen LogP contribution in [0.3, 0.4) is 0 Å². The van der Waals surface area contributed by atoms with Crippen LogP contribution < -0.4 is 21.9 Å². The van der Waals surface area contributed by atoms with Crippen LogP contribution in [0.15, 0.2) is 94.7 Å². The van der Waals surface area contributed by atoms with Gasteiger partial charge in [-0.3, -0.25) is 4.79 Å². The van der Waals surface area contributed by atoms with Crippen LogP contribution >= 0.6 is 0 Å². The number of carbonyl (C=O) groups is 1. The van der Waals surface area contributed by atoms with Crippen LogP contribution in [0.5, 0.6) is 0 Å². The van der Waals surface area contributed by atoms with Crippen LogP contribution in [-0.4, -0.2) is 33.5 Å². The number of rotatable bonds is 5. The van der Waals surface area contributed by atoms with E-state index in [0.717, 1.165) is 0 Å². The van der Waals surface area contributed by atoms with E-state index in [1.807, 2.05) is 6.07 Å². The van der Waals surface area contributed by atoms with E-state index in [-0.39, 0.29) is 27.6 Å². The molecule has 0 radical (unpaired) electrons. The van der Waals surface area contributed by atoms with Crippen molar-refractivity contribution in [3.63, 3.8) is 0 Å².